The molecule has 0 radical (unpaired) electrons. The molecule has 8 nitrogen and oxygen atoms in total. The minimum absolute atomic E-state index is 0.000592. The average molecular weight is 495 g/mol. The van der Waals surface area contributed by atoms with Gasteiger partial charge in [0.15, 0.2) is 0 Å². The number of fused-ring (bicyclic) bond motifs is 1. The standard InChI is InChI=1S/C22H24ClFN4O4S/c1-28(33(30,31)21-13-16(24)5-7-20(21)32-2)14-22(29)27-10-3-9-25-18-8-11-26-19-12-15(23)4-6-17(18)19/h4-8,11-13H,3,9-10,14H2,1-2H3,(H,25,26)(H,27,29). The van der Waals surface area contributed by atoms with E-state index >= 15 is 0 Å². The molecule has 0 atom stereocenters. The van der Waals surface area contributed by atoms with Crippen molar-refractivity contribution < 1.29 is 22.3 Å². The van der Waals surface area contributed by atoms with Gasteiger partial charge in [-0.1, -0.05) is 11.6 Å². The zero-order chi connectivity index (χ0) is 24.0. The number of nitrogens with one attached hydrogen (secondary N) is 2. The second kappa shape index (κ2) is 10.8. The summed E-state index contributed by atoms with van der Waals surface area (Å²) in [5.74, 6) is -1.19. The van der Waals surface area contributed by atoms with Crippen molar-refractivity contribution in [3.05, 3.63) is 59.5 Å². The van der Waals surface area contributed by atoms with E-state index in [0.717, 1.165) is 33.0 Å². The first-order valence-electron chi connectivity index (χ1n) is 10.1. The molecule has 0 bridgehead atoms. The fraction of sp³-hybridized carbons (Fsp3) is 0.273. The van der Waals surface area contributed by atoms with Crippen LogP contribution in [-0.2, 0) is 14.8 Å². The van der Waals surface area contributed by atoms with Gasteiger partial charge in [-0.25, -0.2) is 12.8 Å². The smallest absolute Gasteiger partial charge is 0.247 e. The fourth-order valence-corrected chi connectivity index (χ4v) is 4.63. The molecule has 3 rings (SSSR count). The number of carbonyl (C=O) groups excluding carboxylic acids is 1. The summed E-state index contributed by atoms with van der Waals surface area (Å²) in [6.07, 6.45) is 2.30. The molecule has 0 saturated heterocycles. The molecule has 33 heavy (non-hydrogen) atoms. The normalized spacial score (nSPS) is 11.5. The highest BCUT2D eigenvalue weighted by molar-refractivity contribution is 7.89. The van der Waals surface area contributed by atoms with Crippen LogP contribution in [0.5, 0.6) is 5.75 Å². The van der Waals surface area contributed by atoms with Crippen molar-refractivity contribution in [2.24, 2.45) is 0 Å². The highest BCUT2D eigenvalue weighted by atomic mass is 35.5. The monoisotopic (exact) mass is 494 g/mol. The predicted molar refractivity (Wildman–Crippen MR) is 126 cm³/mol. The van der Waals surface area contributed by atoms with Crippen LogP contribution in [0.2, 0.25) is 5.02 Å². The number of ether oxygens (including phenoxy) is 1. The number of hydrogen-bond donors (Lipinski definition) is 2. The molecular formula is C22H24ClFN4O4S. The number of hydrogen-bond acceptors (Lipinski definition) is 6. The van der Waals surface area contributed by atoms with Crippen molar-refractivity contribution in [1.29, 1.82) is 0 Å². The van der Waals surface area contributed by atoms with Gasteiger partial charge in [0.25, 0.3) is 0 Å². The van der Waals surface area contributed by atoms with Crippen LogP contribution in [0, 0.1) is 5.82 Å². The number of halogens is 2. The number of amides is 1. The van der Waals surface area contributed by atoms with E-state index in [4.69, 9.17) is 16.3 Å². The number of nitrogens with zero attached hydrogens (tertiary/aromatic N) is 2. The number of benzene rings is 2. The van der Waals surface area contributed by atoms with E-state index in [1.165, 1.54) is 20.2 Å². The number of carbonyl (C=O) groups is 1. The van der Waals surface area contributed by atoms with E-state index in [0.29, 0.717) is 24.5 Å². The van der Waals surface area contributed by atoms with E-state index in [-0.39, 0.29) is 10.6 Å². The van der Waals surface area contributed by atoms with Crippen LogP contribution in [0.25, 0.3) is 10.9 Å². The van der Waals surface area contributed by atoms with Gasteiger partial charge in [0.2, 0.25) is 15.9 Å². The summed E-state index contributed by atoms with van der Waals surface area (Å²) < 4.78 is 44.9. The molecule has 2 N–H and O–H groups in total. The highest BCUT2D eigenvalue weighted by Crippen LogP contribution is 2.27. The van der Waals surface area contributed by atoms with Gasteiger partial charge < -0.3 is 15.4 Å². The minimum atomic E-state index is -4.11. The van der Waals surface area contributed by atoms with Crippen molar-refractivity contribution in [3.8, 4) is 5.75 Å². The van der Waals surface area contributed by atoms with E-state index < -0.39 is 28.3 Å². The lowest BCUT2D eigenvalue weighted by molar-refractivity contribution is -0.121. The maximum absolute atomic E-state index is 13.6. The number of anilines is 1. The van der Waals surface area contributed by atoms with Gasteiger partial charge in [0.1, 0.15) is 16.5 Å². The number of methoxy groups -OCH3 is 1. The molecule has 2 aromatic carbocycles. The second-order valence-electron chi connectivity index (χ2n) is 7.21. The maximum Gasteiger partial charge on any atom is 0.247 e. The minimum Gasteiger partial charge on any atom is -0.495 e. The Kier molecular flexibility index (Phi) is 8.06. The third-order valence-electron chi connectivity index (χ3n) is 4.88. The Morgan fingerprint density at radius 1 is 1.18 bits per heavy atom. The van der Waals surface area contributed by atoms with E-state index in [1.54, 1.807) is 18.3 Å². The topological polar surface area (TPSA) is 101 Å². The maximum atomic E-state index is 13.6. The van der Waals surface area contributed by atoms with Gasteiger partial charge in [-0.3, -0.25) is 9.78 Å². The van der Waals surface area contributed by atoms with E-state index in [2.05, 4.69) is 15.6 Å². The first-order chi connectivity index (χ1) is 15.7. The molecule has 0 saturated carbocycles. The summed E-state index contributed by atoms with van der Waals surface area (Å²) in [5, 5.41) is 7.53. The quantitative estimate of drug-likeness (QED) is 0.419. The summed E-state index contributed by atoms with van der Waals surface area (Å²) in [6, 6.07) is 10.5. The third kappa shape index (κ3) is 6.10. The van der Waals surface area contributed by atoms with E-state index in [9.17, 15) is 17.6 Å². The van der Waals surface area contributed by atoms with Crippen LogP contribution in [-0.4, -0.2) is 57.4 Å². The summed E-state index contributed by atoms with van der Waals surface area (Å²) in [6.45, 7) is 0.514. The molecular weight excluding hydrogens is 471 g/mol. The van der Waals surface area contributed by atoms with Crippen molar-refractivity contribution in [2.45, 2.75) is 11.3 Å². The van der Waals surface area contributed by atoms with Crippen molar-refractivity contribution in [1.82, 2.24) is 14.6 Å². The summed E-state index contributed by atoms with van der Waals surface area (Å²) in [4.78, 5) is 16.2. The first-order valence-corrected chi connectivity index (χ1v) is 11.9. The van der Waals surface area contributed by atoms with Gasteiger partial charge in [0.05, 0.1) is 19.2 Å². The van der Waals surface area contributed by atoms with Gasteiger partial charge in [0, 0.05) is 42.4 Å². The van der Waals surface area contributed by atoms with Crippen LogP contribution in [0.15, 0.2) is 53.6 Å². The average Bonchev–Trinajstić information content (AvgIpc) is 2.78. The molecule has 176 valence electrons. The summed E-state index contributed by atoms with van der Waals surface area (Å²) in [5.41, 5.74) is 1.68. The molecule has 0 unspecified atom stereocenters. The molecule has 3 aromatic rings. The number of likely N-dealkylation sites (N-methyl/N-ethyl adjacent to an activating group) is 1. The zero-order valence-corrected chi connectivity index (χ0v) is 19.7. The first kappa shape index (κ1) is 24.7. The Morgan fingerprint density at radius 3 is 2.73 bits per heavy atom. The SMILES string of the molecule is COc1ccc(F)cc1S(=O)(=O)N(C)CC(=O)NCCCNc1ccnc2cc(Cl)ccc12. The van der Waals surface area contributed by atoms with Crippen LogP contribution in [0.3, 0.4) is 0 Å². The lowest BCUT2D eigenvalue weighted by atomic mass is 10.2. The van der Waals surface area contributed by atoms with Crippen molar-refractivity contribution in [2.75, 3.05) is 39.1 Å². The van der Waals surface area contributed by atoms with Crippen LogP contribution >= 0.6 is 11.6 Å². The Balaban J connectivity index is 1.49. The third-order valence-corrected chi connectivity index (χ3v) is 6.94. The van der Waals surface area contributed by atoms with Gasteiger partial charge in [-0.05, 0) is 48.9 Å². The molecule has 1 heterocycles. The van der Waals surface area contributed by atoms with Gasteiger partial charge in [-0.2, -0.15) is 4.31 Å². The Bertz CT molecular complexity index is 1260. The molecule has 0 aliphatic heterocycles. The lowest BCUT2D eigenvalue weighted by Crippen LogP contribution is -2.39. The predicted octanol–water partition coefficient (Wildman–Crippen LogP) is 3.27. The van der Waals surface area contributed by atoms with Crippen LogP contribution in [0.4, 0.5) is 10.1 Å². The van der Waals surface area contributed by atoms with E-state index in [1.807, 2.05) is 12.1 Å². The molecule has 0 spiro atoms. The zero-order valence-electron chi connectivity index (χ0n) is 18.1. The van der Waals surface area contributed by atoms with Gasteiger partial charge in [-0.15, -0.1) is 0 Å². The Hall–Kier alpha value is -2.95. The summed E-state index contributed by atoms with van der Waals surface area (Å²) in [7, 11) is -1.57. The molecule has 0 fully saturated rings. The molecule has 11 heteroatoms. The Morgan fingerprint density at radius 2 is 1.97 bits per heavy atom. The number of rotatable bonds is 10. The highest BCUT2D eigenvalue weighted by Gasteiger charge is 2.27. The molecule has 0 aliphatic carbocycles. The van der Waals surface area contributed by atoms with Crippen LogP contribution < -0.4 is 15.4 Å². The Labute approximate surface area is 196 Å². The number of pyridine rings is 1. The second-order valence-corrected chi connectivity index (χ2v) is 9.66. The molecule has 1 aromatic heterocycles. The number of aromatic nitrogens is 1. The number of sulfonamides is 1. The fourth-order valence-electron chi connectivity index (χ4n) is 3.18. The molecule has 0 aliphatic rings. The van der Waals surface area contributed by atoms with Crippen molar-refractivity contribution >= 4 is 44.1 Å². The molecule has 1 amide bonds. The van der Waals surface area contributed by atoms with Crippen molar-refractivity contribution in [3.63, 3.8) is 0 Å². The van der Waals surface area contributed by atoms with Gasteiger partial charge >= 0.3 is 0 Å². The largest absolute Gasteiger partial charge is 0.495 e. The lowest BCUT2D eigenvalue weighted by Gasteiger charge is -2.18. The van der Waals surface area contributed by atoms with Crippen LogP contribution in [0.1, 0.15) is 6.42 Å². The summed E-state index contributed by atoms with van der Waals surface area (Å²) >= 11 is 6.00.